The van der Waals surface area contributed by atoms with E-state index < -0.39 is 47.9 Å². The summed E-state index contributed by atoms with van der Waals surface area (Å²) in [5.41, 5.74) is 5.72. The Balaban J connectivity index is 4.86. The number of carboxylic acid groups (broad SMARTS) is 1. The largest absolute Gasteiger partial charge is 0.480 e. The first-order valence-electron chi connectivity index (χ1n) is 9.07. The lowest BCUT2D eigenvalue weighted by Crippen LogP contribution is -2.57. The molecule has 0 saturated heterocycles. The minimum atomic E-state index is -1.50. The summed E-state index contributed by atoms with van der Waals surface area (Å²) < 4.78 is 0. The van der Waals surface area contributed by atoms with Gasteiger partial charge >= 0.3 is 5.97 Å². The normalized spacial score (nSPS) is 16.2. The van der Waals surface area contributed by atoms with Crippen molar-refractivity contribution in [2.24, 2.45) is 11.7 Å². The summed E-state index contributed by atoms with van der Waals surface area (Å²) >= 11 is 1.55. The molecular formula is C17H32N4O6S. The Bertz CT molecular complexity index is 546. The van der Waals surface area contributed by atoms with E-state index in [0.29, 0.717) is 18.6 Å². The highest BCUT2D eigenvalue weighted by Gasteiger charge is 2.31. The van der Waals surface area contributed by atoms with Gasteiger partial charge in [-0.25, -0.2) is 4.79 Å². The van der Waals surface area contributed by atoms with Crippen LogP contribution in [0.1, 0.15) is 33.6 Å². The molecule has 162 valence electrons. The Hall–Kier alpha value is -1.85. The number of hydrogen-bond acceptors (Lipinski definition) is 7. The van der Waals surface area contributed by atoms with Crippen molar-refractivity contribution in [3.05, 3.63) is 0 Å². The van der Waals surface area contributed by atoms with Crippen molar-refractivity contribution in [3.63, 3.8) is 0 Å². The Labute approximate surface area is 169 Å². The van der Waals surface area contributed by atoms with Crippen LogP contribution in [0.2, 0.25) is 0 Å². The Morgan fingerprint density at radius 1 is 1.07 bits per heavy atom. The van der Waals surface area contributed by atoms with Gasteiger partial charge in [0, 0.05) is 0 Å². The number of nitrogens with one attached hydrogen (secondary N) is 3. The van der Waals surface area contributed by atoms with Crippen molar-refractivity contribution in [2.45, 2.75) is 57.8 Å². The van der Waals surface area contributed by atoms with Gasteiger partial charge in [0.15, 0.2) is 6.04 Å². The van der Waals surface area contributed by atoms with Gasteiger partial charge in [-0.2, -0.15) is 11.8 Å². The van der Waals surface area contributed by atoms with E-state index in [1.165, 1.54) is 6.92 Å². The van der Waals surface area contributed by atoms with Crippen molar-refractivity contribution in [3.8, 4) is 0 Å². The van der Waals surface area contributed by atoms with E-state index in [0.717, 1.165) is 0 Å². The van der Waals surface area contributed by atoms with Gasteiger partial charge in [-0.05, 0) is 31.3 Å². The van der Waals surface area contributed by atoms with Crippen LogP contribution in [0, 0.1) is 5.92 Å². The third-order valence-corrected chi connectivity index (χ3v) is 4.90. The van der Waals surface area contributed by atoms with Crippen LogP contribution in [-0.2, 0) is 19.2 Å². The molecule has 28 heavy (non-hydrogen) atoms. The maximum Gasteiger partial charge on any atom is 0.328 e. The van der Waals surface area contributed by atoms with Crippen molar-refractivity contribution in [1.29, 1.82) is 0 Å². The van der Waals surface area contributed by atoms with Crippen LogP contribution in [0.3, 0.4) is 0 Å². The molecule has 0 aromatic carbocycles. The predicted octanol–water partition coefficient (Wildman–Crippen LogP) is -1.34. The molecule has 0 bridgehead atoms. The predicted molar refractivity (Wildman–Crippen MR) is 107 cm³/mol. The first-order valence-corrected chi connectivity index (χ1v) is 10.5. The number of aliphatic hydroxyl groups excluding tert-OH is 1. The molecule has 0 radical (unpaired) electrons. The number of rotatable bonds is 13. The van der Waals surface area contributed by atoms with Gasteiger partial charge in [-0.3, -0.25) is 14.4 Å². The van der Waals surface area contributed by atoms with E-state index in [1.54, 1.807) is 18.7 Å². The van der Waals surface area contributed by atoms with Gasteiger partial charge in [0.1, 0.15) is 6.04 Å². The number of aliphatic carboxylic acids is 1. The van der Waals surface area contributed by atoms with Gasteiger partial charge < -0.3 is 31.9 Å². The van der Waals surface area contributed by atoms with Crippen molar-refractivity contribution < 1.29 is 29.4 Å². The molecule has 0 spiro atoms. The monoisotopic (exact) mass is 420 g/mol. The number of nitrogens with two attached hydrogens (primary N) is 1. The summed E-state index contributed by atoms with van der Waals surface area (Å²) in [4.78, 5) is 47.6. The third kappa shape index (κ3) is 9.38. The molecule has 0 rings (SSSR count). The third-order valence-electron chi connectivity index (χ3n) is 4.25. The molecule has 5 unspecified atom stereocenters. The van der Waals surface area contributed by atoms with Crippen molar-refractivity contribution in [1.82, 2.24) is 16.0 Å². The molecule has 7 N–H and O–H groups in total. The molecule has 0 aliphatic rings. The summed E-state index contributed by atoms with van der Waals surface area (Å²) in [6.45, 7) is 4.42. The quantitative estimate of drug-likeness (QED) is 0.213. The number of thioether (sulfide) groups is 1. The molecule has 3 amide bonds. The summed E-state index contributed by atoms with van der Waals surface area (Å²) in [7, 11) is 0. The zero-order valence-corrected chi connectivity index (χ0v) is 17.5. The smallest absolute Gasteiger partial charge is 0.328 e. The maximum atomic E-state index is 12.5. The van der Waals surface area contributed by atoms with Gasteiger partial charge in [-0.1, -0.05) is 20.3 Å². The molecule has 0 fully saturated rings. The van der Waals surface area contributed by atoms with Gasteiger partial charge in [0.2, 0.25) is 17.7 Å². The van der Waals surface area contributed by atoms with Crippen LogP contribution in [0.4, 0.5) is 0 Å². The molecule has 0 aliphatic heterocycles. The van der Waals surface area contributed by atoms with Crippen LogP contribution in [0.25, 0.3) is 0 Å². The fourth-order valence-corrected chi connectivity index (χ4v) is 2.72. The number of carbonyl (C=O) groups is 4. The molecular weight excluding hydrogens is 388 g/mol. The van der Waals surface area contributed by atoms with Crippen LogP contribution < -0.4 is 21.7 Å². The van der Waals surface area contributed by atoms with Crippen LogP contribution in [0.15, 0.2) is 0 Å². The van der Waals surface area contributed by atoms with E-state index in [-0.39, 0.29) is 12.5 Å². The first kappa shape index (κ1) is 26.1. The highest BCUT2D eigenvalue weighted by Crippen LogP contribution is 2.09. The summed E-state index contributed by atoms with van der Waals surface area (Å²) in [6.07, 6.45) is 1.60. The highest BCUT2D eigenvalue weighted by atomic mass is 32.2. The second kappa shape index (κ2) is 13.3. The fourth-order valence-electron chi connectivity index (χ4n) is 2.23. The van der Waals surface area contributed by atoms with Gasteiger partial charge in [0.05, 0.1) is 18.7 Å². The number of carboxylic acids is 1. The Morgan fingerprint density at radius 2 is 1.68 bits per heavy atom. The topological polar surface area (TPSA) is 171 Å². The second-order valence-corrected chi connectivity index (χ2v) is 7.59. The van der Waals surface area contributed by atoms with Crippen molar-refractivity contribution >= 4 is 35.5 Å². The Morgan fingerprint density at radius 3 is 2.14 bits per heavy atom. The van der Waals surface area contributed by atoms with Gasteiger partial charge in [-0.15, -0.1) is 0 Å². The minimum absolute atomic E-state index is 0.299. The molecule has 0 saturated carbocycles. The fraction of sp³-hybridized carbons (Fsp3) is 0.765. The Kier molecular flexibility index (Phi) is 12.5. The molecule has 0 heterocycles. The standard InChI is InChI=1S/C17H32N4O6S/c1-5-9(2)13(16(25)21-14(10(3)22)17(26)27)20-12(23)8-19-15(24)11(18)6-7-28-4/h9-11,13-14,22H,5-8,18H2,1-4H3,(H,19,24)(H,20,23)(H,21,25)(H,26,27). The lowest BCUT2D eigenvalue weighted by molar-refractivity contribution is -0.145. The van der Waals surface area contributed by atoms with E-state index >= 15 is 0 Å². The van der Waals surface area contributed by atoms with Crippen LogP contribution in [-0.4, -0.2) is 76.7 Å². The molecule has 11 heteroatoms. The number of amides is 3. The maximum absolute atomic E-state index is 12.5. The molecule has 5 atom stereocenters. The molecule has 0 aromatic rings. The lowest BCUT2D eigenvalue weighted by Gasteiger charge is -2.26. The molecule has 0 aromatic heterocycles. The zero-order chi connectivity index (χ0) is 21.9. The molecule has 0 aliphatic carbocycles. The lowest BCUT2D eigenvalue weighted by atomic mass is 9.97. The number of carbonyl (C=O) groups excluding carboxylic acids is 3. The minimum Gasteiger partial charge on any atom is -0.480 e. The summed E-state index contributed by atoms with van der Waals surface area (Å²) in [5.74, 6) is -2.76. The SMILES string of the molecule is CCC(C)C(NC(=O)CNC(=O)C(N)CCSC)C(=O)NC(C(=O)O)C(C)O. The van der Waals surface area contributed by atoms with Crippen molar-refractivity contribution in [2.75, 3.05) is 18.6 Å². The first-order chi connectivity index (χ1) is 13.0. The van der Waals surface area contributed by atoms with E-state index in [1.807, 2.05) is 13.2 Å². The van der Waals surface area contributed by atoms with Crippen LogP contribution >= 0.6 is 11.8 Å². The average Bonchev–Trinajstić information content (AvgIpc) is 2.64. The second-order valence-electron chi connectivity index (χ2n) is 6.60. The highest BCUT2D eigenvalue weighted by molar-refractivity contribution is 7.98. The number of hydrogen-bond donors (Lipinski definition) is 6. The van der Waals surface area contributed by atoms with E-state index in [2.05, 4.69) is 16.0 Å². The molecule has 10 nitrogen and oxygen atoms in total. The summed E-state index contributed by atoms with van der Waals surface area (Å²) in [5, 5.41) is 25.7. The number of aliphatic hydroxyl groups is 1. The summed E-state index contributed by atoms with van der Waals surface area (Å²) in [6, 6.07) is -3.23. The van der Waals surface area contributed by atoms with Crippen LogP contribution in [0.5, 0.6) is 0 Å². The average molecular weight is 421 g/mol. The van der Waals surface area contributed by atoms with Gasteiger partial charge in [0.25, 0.3) is 0 Å². The van der Waals surface area contributed by atoms with E-state index in [4.69, 9.17) is 10.8 Å². The van der Waals surface area contributed by atoms with E-state index in [9.17, 15) is 24.3 Å². The zero-order valence-electron chi connectivity index (χ0n) is 16.7.